The molecule has 0 aliphatic carbocycles. The van der Waals surface area contributed by atoms with Gasteiger partial charge in [-0.2, -0.15) is 5.10 Å². The normalized spacial score (nSPS) is 11.4. The third-order valence-corrected chi connectivity index (χ3v) is 4.08. The van der Waals surface area contributed by atoms with Crippen molar-refractivity contribution >= 4 is 11.6 Å². The van der Waals surface area contributed by atoms with Crippen molar-refractivity contribution in [2.24, 2.45) is 5.10 Å². The van der Waals surface area contributed by atoms with Gasteiger partial charge in [0.05, 0.1) is 5.71 Å². The molecule has 3 rings (SSSR count). The van der Waals surface area contributed by atoms with Crippen LogP contribution < -0.4 is 5.43 Å². The SMILES string of the molecule is CC(=NNC(=O)c1ccc(-n2c(C)ccc2C)cc1)c1ccncc1. The third kappa shape index (κ3) is 3.66. The molecule has 2 aromatic heterocycles. The number of nitrogens with one attached hydrogen (secondary N) is 1. The lowest BCUT2D eigenvalue weighted by Crippen LogP contribution is -2.19. The predicted molar refractivity (Wildman–Crippen MR) is 99.2 cm³/mol. The van der Waals surface area contributed by atoms with Crippen LogP contribution in [0.1, 0.15) is 34.2 Å². The first-order valence-electron chi connectivity index (χ1n) is 8.06. The molecule has 25 heavy (non-hydrogen) atoms. The quantitative estimate of drug-likeness (QED) is 0.586. The van der Waals surface area contributed by atoms with Gasteiger partial charge in [0, 0.05) is 40.6 Å². The maximum Gasteiger partial charge on any atom is 0.271 e. The summed E-state index contributed by atoms with van der Waals surface area (Å²) in [6.07, 6.45) is 3.39. The second-order valence-corrected chi connectivity index (χ2v) is 5.87. The standard InChI is InChI=1S/C20H20N4O/c1-14-4-5-15(2)24(14)19-8-6-18(7-9-19)20(25)23-22-16(3)17-10-12-21-13-11-17/h4-13H,1-3H3,(H,23,25). The van der Waals surface area contributed by atoms with E-state index in [9.17, 15) is 4.79 Å². The van der Waals surface area contributed by atoms with E-state index in [1.807, 2.05) is 31.2 Å². The Morgan fingerprint density at radius 1 is 0.920 bits per heavy atom. The molecule has 0 saturated carbocycles. The lowest BCUT2D eigenvalue weighted by molar-refractivity contribution is 0.0955. The molecule has 126 valence electrons. The highest BCUT2D eigenvalue weighted by molar-refractivity contribution is 6.00. The Balaban J connectivity index is 1.73. The van der Waals surface area contributed by atoms with Crippen LogP contribution in [0.5, 0.6) is 0 Å². The Hall–Kier alpha value is -3.21. The van der Waals surface area contributed by atoms with Gasteiger partial charge in [0.15, 0.2) is 0 Å². The summed E-state index contributed by atoms with van der Waals surface area (Å²) in [6, 6.07) is 15.3. The smallest absolute Gasteiger partial charge is 0.271 e. The number of amides is 1. The molecule has 1 amide bonds. The molecule has 5 heteroatoms. The lowest BCUT2D eigenvalue weighted by atomic mass is 10.2. The fourth-order valence-electron chi connectivity index (χ4n) is 2.69. The molecule has 0 aliphatic rings. The number of hydrogen-bond acceptors (Lipinski definition) is 3. The van der Waals surface area contributed by atoms with Gasteiger partial charge < -0.3 is 4.57 Å². The summed E-state index contributed by atoms with van der Waals surface area (Å²) >= 11 is 0. The summed E-state index contributed by atoms with van der Waals surface area (Å²) in [5, 5.41) is 4.16. The van der Waals surface area contributed by atoms with Crippen LogP contribution in [-0.2, 0) is 0 Å². The zero-order valence-corrected chi connectivity index (χ0v) is 14.5. The van der Waals surface area contributed by atoms with Crippen molar-refractivity contribution in [3.63, 3.8) is 0 Å². The van der Waals surface area contributed by atoms with Gasteiger partial charge in [0.2, 0.25) is 0 Å². The van der Waals surface area contributed by atoms with Crippen LogP contribution in [0.2, 0.25) is 0 Å². The number of hydrazone groups is 1. The largest absolute Gasteiger partial charge is 0.319 e. The van der Waals surface area contributed by atoms with Crippen LogP contribution in [0.4, 0.5) is 0 Å². The Morgan fingerprint density at radius 3 is 2.12 bits per heavy atom. The minimum atomic E-state index is -0.235. The van der Waals surface area contributed by atoms with Gasteiger partial charge in [-0.15, -0.1) is 0 Å². The number of carbonyl (C=O) groups is 1. The molecule has 0 unspecified atom stereocenters. The molecule has 0 fully saturated rings. The highest BCUT2D eigenvalue weighted by atomic mass is 16.2. The first-order valence-corrected chi connectivity index (χ1v) is 8.06. The number of aryl methyl sites for hydroxylation is 2. The van der Waals surface area contributed by atoms with Gasteiger partial charge in [0.1, 0.15) is 0 Å². The summed E-state index contributed by atoms with van der Waals surface area (Å²) < 4.78 is 2.15. The molecule has 0 atom stereocenters. The van der Waals surface area contributed by atoms with Gasteiger partial charge in [-0.25, -0.2) is 5.43 Å². The van der Waals surface area contributed by atoms with Crippen molar-refractivity contribution in [3.05, 3.63) is 83.4 Å². The van der Waals surface area contributed by atoms with E-state index in [1.165, 1.54) is 0 Å². The third-order valence-electron chi connectivity index (χ3n) is 4.08. The van der Waals surface area contributed by atoms with Crippen LogP contribution in [0.3, 0.4) is 0 Å². The first kappa shape index (κ1) is 16.6. The topological polar surface area (TPSA) is 59.3 Å². The molecule has 1 N–H and O–H groups in total. The Kier molecular flexibility index (Phi) is 4.75. The molecule has 0 saturated heterocycles. The zero-order chi connectivity index (χ0) is 17.8. The number of hydrogen-bond donors (Lipinski definition) is 1. The van der Waals surface area contributed by atoms with E-state index in [2.05, 4.69) is 46.1 Å². The highest BCUT2D eigenvalue weighted by Gasteiger charge is 2.08. The van der Waals surface area contributed by atoms with Crippen molar-refractivity contribution in [2.45, 2.75) is 20.8 Å². The predicted octanol–water partition coefficient (Wildman–Crippen LogP) is 3.64. The van der Waals surface area contributed by atoms with Crippen molar-refractivity contribution in [1.29, 1.82) is 0 Å². The van der Waals surface area contributed by atoms with Crippen molar-refractivity contribution in [3.8, 4) is 5.69 Å². The molecule has 3 aromatic rings. The maximum atomic E-state index is 12.3. The minimum Gasteiger partial charge on any atom is -0.319 e. The Bertz CT molecular complexity index is 889. The van der Waals surface area contributed by atoms with Gasteiger partial charge in [-0.05, 0) is 69.3 Å². The first-order chi connectivity index (χ1) is 12.1. The Labute approximate surface area is 147 Å². The van der Waals surface area contributed by atoms with Crippen LogP contribution in [-0.4, -0.2) is 21.2 Å². The van der Waals surface area contributed by atoms with E-state index >= 15 is 0 Å². The van der Waals surface area contributed by atoms with Crippen LogP contribution >= 0.6 is 0 Å². The van der Waals surface area contributed by atoms with Crippen molar-refractivity contribution in [1.82, 2.24) is 15.0 Å². The molecule has 0 radical (unpaired) electrons. The summed E-state index contributed by atoms with van der Waals surface area (Å²) in [4.78, 5) is 16.2. The van der Waals surface area contributed by atoms with Crippen LogP contribution in [0.15, 0.2) is 66.0 Å². The number of benzene rings is 1. The van der Waals surface area contributed by atoms with Crippen molar-refractivity contribution < 1.29 is 4.79 Å². The van der Waals surface area contributed by atoms with Gasteiger partial charge in [-0.1, -0.05) is 0 Å². The van der Waals surface area contributed by atoms with E-state index < -0.39 is 0 Å². The van der Waals surface area contributed by atoms with Gasteiger partial charge in [0.25, 0.3) is 5.91 Å². The fourth-order valence-corrected chi connectivity index (χ4v) is 2.69. The fraction of sp³-hybridized carbons (Fsp3) is 0.150. The molecule has 0 aliphatic heterocycles. The average Bonchev–Trinajstić information content (AvgIpc) is 2.98. The van der Waals surface area contributed by atoms with E-state index in [-0.39, 0.29) is 5.91 Å². The highest BCUT2D eigenvalue weighted by Crippen LogP contribution is 2.16. The number of pyridine rings is 1. The molecular weight excluding hydrogens is 312 g/mol. The number of carbonyl (C=O) groups excluding carboxylic acids is 1. The van der Waals surface area contributed by atoms with Crippen molar-refractivity contribution in [2.75, 3.05) is 0 Å². The van der Waals surface area contributed by atoms with E-state index in [1.54, 1.807) is 24.5 Å². The van der Waals surface area contributed by atoms with Gasteiger partial charge in [-0.3, -0.25) is 9.78 Å². The molecule has 2 heterocycles. The maximum absolute atomic E-state index is 12.3. The molecule has 5 nitrogen and oxygen atoms in total. The van der Waals surface area contributed by atoms with E-state index in [4.69, 9.17) is 0 Å². The number of rotatable bonds is 4. The molecular formula is C20H20N4O. The summed E-state index contributed by atoms with van der Waals surface area (Å²) in [7, 11) is 0. The van der Waals surface area contributed by atoms with Gasteiger partial charge >= 0.3 is 0 Å². The van der Waals surface area contributed by atoms with Crippen LogP contribution in [0.25, 0.3) is 5.69 Å². The summed E-state index contributed by atoms with van der Waals surface area (Å²) in [5.74, 6) is -0.235. The number of nitrogens with zero attached hydrogens (tertiary/aromatic N) is 3. The molecule has 0 spiro atoms. The zero-order valence-electron chi connectivity index (χ0n) is 14.5. The van der Waals surface area contributed by atoms with E-state index in [0.29, 0.717) is 5.56 Å². The summed E-state index contributed by atoms with van der Waals surface area (Å²) in [5.41, 5.74) is 8.17. The minimum absolute atomic E-state index is 0.235. The second kappa shape index (κ2) is 7.13. The van der Waals surface area contributed by atoms with E-state index in [0.717, 1.165) is 28.4 Å². The number of aromatic nitrogens is 2. The molecule has 0 bridgehead atoms. The average molecular weight is 332 g/mol. The lowest BCUT2D eigenvalue weighted by Gasteiger charge is -2.10. The summed E-state index contributed by atoms with van der Waals surface area (Å²) in [6.45, 7) is 5.96. The molecule has 1 aromatic carbocycles. The Morgan fingerprint density at radius 2 is 1.52 bits per heavy atom. The van der Waals surface area contributed by atoms with Crippen LogP contribution in [0, 0.1) is 13.8 Å². The second-order valence-electron chi connectivity index (χ2n) is 5.87. The monoisotopic (exact) mass is 332 g/mol.